The van der Waals surface area contributed by atoms with Gasteiger partial charge in [0.05, 0.1) is 37.8 Å². The summed E-state index contributed by atoms with van der Waals surface area (Å²) in [5.41, 5.74) is 2.23. The van der Waals surface area contributed by atoms with Crippen LogP contribution in [0.1, 0.15) is 11.7 Å². The van der Waals surface area contributed by atoms with Crippen LogP contribution in [0.4, 0.5) is 5.82 Å². The van der Waals surface area contributed by atoms with Gasteiger partial charge in [0.15, 0.2) is 0 Å². The van der Waals surface area contributed by atoms with Gasteiger partial charge in [-0.2, -0.15) is 10.2 Å². The molecule has 1 aliphatic rings. The van der Waals surface area contributed by atoms with E-state index in [4.69, 9.17) is 9.47 Å². The summed E-state index contributed by atoms with van der Waals surface area (Å²) in [6.07, 6.45) is 0. The van der Waals surface area contributed by atoms with E-state index in [1.165, 1.54) is 10.7 Å². The fourth-order valence-corrected chi connectivity index (χ4v) is 3.19. The van der Waals surface area contributed by atoms with E-state index in [1.807, 2.05) is 43.3 Å². The van der Waals surface area contributed by atoms with E-state index in [0.29, 0.717) is 24.7 Å². The van der Waals surface area contributed by atoms with E-state index in [-0.39, 0.29) is 17.6 Å². The van der Waals surface area contributed by atoms with Crippen LogP contribution in [0.3, 0.4) is 0 Å². The molecule has 1 aliphatic heterocycles. The van der Waals surface area contributed by atoms with Crippen LogP contribution in [0.25, 0.3) is 11.3 Å². The van der Waals surface area contributed by atoms with Gasteiger partial charge >= 0.3 is 0 Å². The van der Waals surface area contributed by atoms with Crippen molar-refractivity contribution in [2.24, 2.45) is 0 Å². The molecule has 2 unspecified atom stereocenters. The van der Waals surface area contributed by atoms with Crippen LogP contribution in [0, 0.1) is 6.92 Å². The highest BCUT2D eigenvalue weighted by molar-refractivity contribution is 5.60. The minimum Gasteiger partial charge on any atom is -0.497 e. The van der Waals surface area contributed by atoms with Crippen molar-refractivity contribution in [2.75, 3.05) is 25.6 Å². The zero-order valence-corrected chi connectivity index (χ0v) is 15.7. The van der Waals surface area contributed by atoms with Gasteiger partial charge in [-0.1, -0.05) is 12.1 Å². The number of rotatable bonds is 5. The Morgan fingerprint density at radius 2 is 2.04 bits per heavy atom. The molecule has 28 heavy (non-hydrogen) atoms. The predicted octanol–water partition coefficient (Wildman–Crippen LogP) is 2.07. The van der Waals surface area contributed by atoms with Gasteiger partial charge in [-0.3, -0.25) is 4.79 Å². The molecular formula is C20H21N5O3. The topological polar surface area (TPSA) is 91.2 Å². The summed E-state index contributed by atoms with van der Waals surface area (Å²) in [5.74, 6) is 1.38. The van der Waals surface area contributed by atoms with Crippen LogP contribution in [0.5, 0.6) is 5.75 Å². The normalized spacial score (nSPS) is 18.8. The number of ether oxygens (including phenoxy) is 2. The van der Waals surface area contributed by atoms with E-state index in [2.05, 4.69) is 20.6 Å². The predicted molar refractivity (Wildman–Crippen MR) is 105 cm³/mol. The largest absolute Gasteiger partial charge is 0.497 e. The van der Waals surface area contributed by atoms with Gasteiger partial charge in [0.2, 0.25) is 0 Å². The number of hydrogen-bond acceptors (Lipinski definition) is 7. The quantitative estimate of drug-likeness (QED) is 0.726. The first-order valence-electron chi connectivity index (χ1n) is 9.03. The Labute approximate surface area is 162 Å². The Kier molecular flexibility index (Phi) is 5.03. The first kappa shape index (κ1) is 18.1. The zero-order chi connectivity index (χ0) is 19.5. The highest BCUT2D eigenvalue weighted by atomic mass is 16.5. The second-order valence-electron chi connectivity index (χ2n) is 6.65. The molecular weight excluding hydrogens is 358 g/mol. The van der Waals surface area contributed by atoms with E-state index in [0.717, 1.165) is 17.0 Å². The number of nitrogens with zero attached hydrogens (tertiary/aromatic N) is 4. The molecule has 2 atom stereocenters. The molecule has 0 amide bonds. The first-order chi connectivity index (χ1) is 13.6. The standard InChI is InChI=1S/C20H21N5O3/c1-13-6-8-19(23-22-13)21-17-11-28-12-18(17)25-20(26)9-7-16(24-25)14-4-3-5-15(10-14)27-2/h3-10,17-18H,11-12H2,1-2H3,(H,21,23). The van der Waals surface area contributed by atoms with Crippen molar-refractivity contribution < 1.29 is 9.47 Å². The molecule has 0 saturated carbocycles. The van der Waals surface area contributed by atoms with Crippen LogP contribution in [-0.4, -0.2) is 46.3 Å². The molecule has 0 radical (unpaired) electrons. The van der Waals surface area contributed by atoms with Gasteiger partial charge in [-0.05, 0) is 37.3 Å². The lowest BCUT2D eigenvalue weighted by atomic mass is 10.1. The highest BCUT2D eigenvalue weighted by Crippen LogP contribution is 2.24. The van der Waals surface area contributed by atoms with Crippen molar-refractivity contribution in [1.82, 2.24) is 20.0 Å². The van der Waals surface area contributed by atoms with Gasteiger partial charge in [0.1, 0.15) is 17.6 Å². The summed E-state index contributed by atoms with van der Waals surface area (Å²) < 4.78 is 12.4. The number of anilines is 1. The maximum Gasteiger partial charge on any atom is 0.267 e. The number of nitrogens with one attached hydrogen (secondary N) is 1. The average Bonchev–Trinajstić information content (AvgIpc) is 3.18. The van der Waals surface area contributed by atoms with Crippen LogP contribution in [-0.2, 0) is 4.74 Å². The van der Waals surface area contributed by atoms with Crippen molar-refractivity contribution in [2.45, 2.75) is 19.0 Å². The van der Waals surface area contributed by atoms with E-state index < -0.39 is 0 Å². The molecule has 1 saturated heterocycles. The van der Waals surface area contributed by atoms with Gasteiger partial charge in [-0.15, -0.1) is 5.10 Å². The number of methoxy groups -OCH3 is 1. The average molecular weight is 379 g/mol. The summed E-state index contributed by atoms with van der Waals surface area (Å²) in [5, 5.41) is 16.1. The Balaban J connectivity index is 1.63. The van der Waals surface area contributed by atoms with Crippen molar-refractivity contribution in [1.29, 1.82) is 0 Å². The SMILES string of the molecule is COc1cccc(-c2ccc(=O)n(C3COCC3Nc3ccc(C)nn3)n2)c1. The molecule has 2 aromatic heterocycles. The Bertz CT molecular complexity index is 1020. The fraction of sp³-hybridized carbons (Fsp3) is 0.300. The lowest BCUT2D eigenvalue weighted by Crippen LogP contribution is -2.37. The van der Waals surface area contributed by atoms with Crippen LogP contribution >= 0.6 is 0 Å². The minimum absolute atomic E-state index is 0.136. The third-order valence-electron chi connectivity index (χ3n) is 4.69. The maximum atomic E-state index is 12.5. The lowest BCUT2D eigenvalue weighted by Gasteiger charge is -2.21. The number of benzene rings is 1. The Morgan fingerprint density at radius 3 is 2.82 bits per heavy atom. The Morgan fingerprint density at radius 1 is 1.14 bits per heavy atom. The van der Waals surface area contributed by atoms with Gasteiger partial charge in [0.25, 0.3) is 5.56 Å². The molecule has 0 bridgehead atoms. The summed E-state index contributed by atoms with van der Waals surface area (Å²) >= 11 is 0. The second-order valence-corrected chi connectivity index (χ2v) is 6.65. The van der Waals surface area contributed by atoms with E-state index in [9.17, 15) is 4.79 Å². The molecule has 1 aromatic carbocycles. The summed E-state index contributed by atoms with van der Waals surface area (Å²) in [6.45, 7) is 2.73. The van der Waals surface area contributed by atoms with Crippen molar-refractivity contribution in [3.63, 3.8) is 0 Å². The molecule has 0 aliphatic carbocycles. The molecule has 8 heteroatoms. The summed E-state index contributed by atoms with van der Waals surface area (Å²) in [4.78, 5) is 12.5. The van der Waals surface area contributed by atoms with Gasteiger partial charge in [0, 0.05) is 11.6 Å². The first-order valence-corrected chi connectivity index (χ1v) is 9.03. The summed E-state index contributed by atoms with van der Waals surface area (Å²) in [6, 6.07) is 14.2. The van der Waals surface area contributed by atoms with Crippen molar-refractivity contribution in [3.8, 4) is 17.0 Å². The minimum atomic E-state index is -0.249. The van der Waals surface area contributed by atoms with E-state index in [1.54, 1.807) is 13.2 Å². The molecule has 3 aromatic rings. The lowest BCUT2D eigenvalue weighted by molar-refractivity contribution is 0.183. The van der Waals surface area contributed by atoms with Crippen molar-refractivity contribution in [3.05, 3.63) is 64.6 Å². The van der Waals surface area contributed by atoms with E-state index >= 15 is 0 Å². The van der Waals surface area contributed by atoms with Gasteiger partial charge in [-0.25, -0.2) is 4.68 Å². The zero-order valence-electron chi connectivity index (χ0n) is 15.7. The number of aromatic nitrogens is 4. The van der Waals surface area contributed by atoms with Crippen LogP contribution < -0.4 is 15.6 Å². The molecule has 1 fully saturated rings. The number of hydrogen-bond donors (Lipinski definition) is 1. The molecule has 144 valence electrons. The molecule has 1 N–H and O–H groups in total. The number of aryl methyl sites for hydroxylation is 1. The van der Waals surface area contributed by atoms with Gasteiger partial charge < -0.3 is 14.8 Å². The van der Waals surface area contributed by atoms with Crippen molar-refractivity contribution >= 4 is 5.82 Å². The smallest absolute Gasteiger partial charge is 0.267 e. The third-order valence-corrected chi connectivity index (χ3v) is 4.69. The second kappa shape index (κ2) is 7.77. The Hall–Kier alpha value is -3.26. The molecule has 4 rings (SSSR count). The summed E-state index contributed by atoms with van der Waals surface area (Å²) in [7, 11) is 1.62. The molecule has 0 spiro atoms. The maximum absolute atomic E-state index is 12.5. The van der Waals surface area contributed by atoms with Crippen LogP contribution in [0.15, 0.2) is 53.3 Å². The third kappa shape index (κ3) is 3.72. The molecule has 3 heterocycles. The van der Waals surface area contributed by atoms with Crippen LogP contribution in [0.2, 0.25) is 0 Å². The monoisotopic (exact) mass is 379 g/mol. The highest BCUT2D eigenvalue weighted by Gasteiger charge is 2.32. The fourth-order valence-electron chi connectivity index (χ4n) is 3.19. The molecule has 8 nitrogen and oxygen atoms in total.